The van der Waals surface area contributed by atoms with Crippen LogP contribution in [-0.4, -0.2) is 34.8 Å². The van der Waals surface area contributed by atoms with E-state index in [2.05, 4.69) is 22.3 Å². The molecular formula is C11H21N5O. The van der Waals surface area contributed by atoms with E-state index in [1.807, 2.05) is 18.9 Å². The maximum absolute atomic E-state index is 9.19. The summed E-state index contributed by atoms with van der Waals surface area (Å²) in [7, 11) is 1.91. The summed E-state index contributed by atoms with van der Waals surface area (Å²) in [6.45, 7) is 4.11. The Morgan fingerprint density at radius 2 is 2.24 bits per heavy atom. The number of likely N-dealkylation sites (N-methyl/N-ethyl adjacent to an activating group) is 1. The molecule has 6 heteroatoms. The molecule has 0 aliphatic rings. The van der Waals surface area contributed by atoms with Gasteiger partial charge in [0.2, 0.25) is 0 Å². The highest BCUT2D eigenvalue weighted by atomic mass is 16.3. The van der Waals surface area contributed by atoms with Gasteiger partial charge in [0.1, 0.15) is 18.0 Å². The largest absolute Gasteiger partial charge is 0.394 e. The highest BCUT2D eigenvalue weighted by molar-refractivity contribution is 5.58. The van der Waals surface area contributed by atoms with Gasteiger partial charge in [-0.05, 0) is 13.3 Å². The van der Waals surface area contributed by atoms with E-state index < -0.39 is 0 Å². The number of hydrogen-bond acceptors (Lipinski definition) is 6. The van der Waals surface area contributed by atoms with Crippen molar-refractivity contribution in [3.05, 3.63) is 11.9 Å². The van der Waals surface area contributed by atoms with E-state index in [1.54, 1.807) is 0 Å². The fourth-order valence-corrected chi connectivity index (χ4v) is 1.64. The molecule has 1 heterocycles. The second kappa shape index (κ2) is 6.36. The van der Waals surface area contributed by atoms with Crippen LogP contribution in [0, 0.1) is 0 Å². The fraction of sp³-hybridized carbons (Fsp3) is 0.636. The molecule has 0 aromatic carbocycles. The Morgan fingerprint density at radius 1 is 1.53 bits per heavy atom. The average molecular weight is 239 g/mol. The summed E-state index contributed by atoms with van der Waals surface area (Å²) in [5, 5.41) is 9.19. The minimum absolute atomic E-state index is 0.00568. The molecule has 0 aliphatic carbocycles. The predicted octanol–water partition coefficient (Wildman–Crippen LogP) is 0.532. The normalized spacial score (nSPS) is 12.3. The molecule has 17 heavy (non-hydrogen) atoms. The van der Waals surface area contributed by atoms with Gasteiger partial charge in [-0.15, -0.1) is 0 Å². The van der Waals surface area contributed by atoms with Gasteiger partial charge in [-0.25, -0.2) is 15.8 Å². The van der Waals surface area contributed by atoms with Gasteiger partial charge in [-0.1, -0.05) is 13.3 Å². The first-order valence-electron chi connectivity index (χ1n) is 5.79. The van der Waals surface area contributed by atoms with Crippen LogP contribution in [-0.2, 0) is 6.42 Å². The number of nitrogen functional groups attached to an aromatic ring is 1. The number of nitrogens with zero attached hydrogens (tertiary/aromatic N) is 3. The summed E-state index contributed by atoms with van der Waals surface area (Å²) in [5.74, 6) is 6.91. The Kier molecular flexibility index (Phi) is 5.11. The van der Waals surface area contributed by atoms with Gasteiger partial charge >= 0.3 is 0 Å². The summed E-state index contributed by atoms with van der Waals surface area (Å²) in [6, 6.07) is 0.00568. The Hall–Kier alpha value is -1.40. The van der Waals surface area contributed by atoms with Gasteiger partial charge in [0.25, 0.3) is 0 Å². The Balaban J connectivity index is 3.12. The number of hydrogen-bond donors (Lipinski definition) is 3. The van der Waals surface area contributed by atoms with Crippen LogP contribution in [0.4, 0.5) is 11.6 Å². The molecule has 96 valence electrons. The lowest BCUT2D eigenvalue weighted by Gasteiger charge is -2.26. The maximum atomic E-state index is 9.19. The van der Waals surface area contributed by atoms with Crippen molar-refractivity contribution in [1.82, 2.24) is 9.97 Å². The molecule has 1 unspecified atom stereocenters. The number of rotatable bonds is 6. The quantitative estimate of drug-likeness (QED) is 0.496. The zero-order chi connectivity index (χ0) is 12.8. The second-order valence-corrected chi connectivity index (χ2v) is 4.06. The van der Waals surface area contributed by atoms with Crippen LogP contribution in [0.5, 0.6) is 0 Å². The molecule has 1 aromatic heterocycles. The van der Waals surface area contributed by atoms with Gasteiger partial charge in [0, 0.05) is 12.6 Å². The molecule has 1 atom stereocenters. The fourth-order valence-electron chi connectivity index (χ4n) is 1.64. The molecule has 1 rings (SSSR count). The third kappa shape index (κ3) is 3.04. The smallest absolute Gasteiger partial charge is 0.148 e. The minimum Gasteiger partial charge on any atom is -0.394 e. The monoisotopic (exact) mass is 239 g/mol. The first kappa shape index (κ1) is 13.7. The van der Waals surface area contributed by atoms with Crippen molar-refractivity contribution in [3.8, 4) is 0 Å². The topological polar surface area (TPSA) is 87.3 Å². The standard InChI is InChI=1S/C11H21N5O/c1-4-5-9-10(15-12)13-7-14-11(9)16(3)8(2)6-17/h7-8,17H,4-6,12H2,1-3H3,(H,13,14,15). The van der Waals surface area contributed by atoms with Crippen LogP contribution in [0.25, 0.3) is 0 Å². The lowest BCUT2D eigenvalue weighted by molar-refractivity contribution is 0.269. The molecule has 0 saturated carbocycles. The van der Waals surface area contributed by atoms with Crippen LogP contribution >= 0.6 is 0 Å². The summed E-state index contributed by atoms with van der Waals surface area (Å²) in [4.78, 5) is 10.3. The van der Waals surface area contributed by atoms with E-state index >= 15 is 0 Å². The van der Waals surface area contributed by atoms with Gasteiger partial charge in [-0.3, -0.25) is 0 Å². The van der Waals surface area contributed by atoms with Gasteiger partial charge in [-0.2, -0.15) is 0 Å². The molecule has 0 saturated heterocycles. The van der Waals surface area contributed by atoms with Gasteiger partial charge < -0.3 is 15.4 Å². The lowest BCUT2D eigenvalue weighted by atomic mass is 10.1. The van der Waals surface area contributed by atoms with Crippen molar-refractivity contribution in [2.75, 3.05) is 24.0 Å². The SMILES string of the molecule is CCCc1c(NN)ncnc1N(C)C(C)CO. The van der Waals surface area contributed by atoms with Crippen molar-refractivity contribution < 1.29 is 5.11 Å². The number of aliphatic hydroxyl groups excluding tert-OH is 1. The number of hydrazine groups is 1. The van der Waals surface area contributed by atoms with Crippen molar-refractivity contribution in [2.45, 2.75) is 32.7 Å². The Labute approximate surface area is 102 Å². The molecule has 0 fully saturated rings. The number of anilines is 2. The van der Waals surface area contributed by atoms with Crippen molar-refractivity contribution >= 4 is 11.6 Å². The molecule has 0 amide bonds. The molecule has 0 spiro atoms. The lowest BCUT2D eigenvalue weighted by Crippen LogP contribution is -2.33. The van der Waals surface area contributed by atoms with Crippen molar-refractivity contribution in [2.24, 2.45) is 5.84 Å². The summed E-state index contributed by atoms with van der Waals surface area (Å²) < 4.78 is 0. The third-order valence-corrected chi connectivity index (χ3v) is 2.82. The first-order valence-corrected chi connectivity index (χ1v) is 5.79. The van der Waals surface area contributed by atoms with Crippen LogP contribution in [0.2, 0.25) is 0 Å². The zero-order valence-electron chi connectivity index (χ0n) is 10.6. The van der Waals surface area contributed by atoms with E-state index in [0.717, 1.165) is 24.2 Å². The number of nitrogens with one attached hydrogen (secondary N) is 1. The van der Waals surface area contributed by atoms with E-state index in [4.69, 9.17) is 5.84 Å². The van der Waals surface area contributed by atoms with E-state index in [9.17, 15) is 5.11 Å². The number of nitrogens with two attached hydrogens (primary N) is 1. The van der Waals surface area contributed by atoms with E-state index in [0.29, 0.717) is 5.82 Å². The van der Waals surface area contributed by atoms with Gasteiger partial charge in [0.05, 0.1) is 12.6 Å². The molecule has 0 radical (unpaired) electrons. The highest BCUT2D eigenvalue weighted by Gasteiger charge is 2.17. The first-order chi connectivity index (χ1) is 8.15. The van der Waals surface area contributed by atoms with E-state index in [-0.39, 0.29) is 12.6 Å². The van der Waals surface area contributed by atoms with Crippen molar-refractivity contribution in [1.29, 1.82) is 0 Å². The predicted molar refractivity (Wildman–Crippen MR) is 68.8 cm³/mol. The summed E-state index contributed by atoms with van der Waals surface area (Å²) >= 11 is 0. The molecule has 1 aromatic rings. The summed E-state index contributed by atoms with van der Waals surface area (Å²) in [5.41, 5.74) is 3.58. The van der Waals surface area contributed by atoms with Crippen LogP contribution in [0.3, 0.4) is 0 Å². The summed E-state index contributed by atoms with van der Waals surface area (Å²) in [6.07, 6.45) is 3.30. The van der Waals surface area contributed by atoms with Crippen molar-refractivity contribution in [3.63, 3.8) is 0 Å². The van der Waals surface area contributed by atoms with Gasteiger partial charge in [0.15, 0.2) is 0 Å². The highest BCUT2D eigenvalue weighted by Crippen LogP contribution is 2.24. The zero-order valence-corrected chi connectivity index (χ0v) is 10.6. The minimum atomic E-state index is 0.00568. The average Bonchev–Trinajstić information content (AvgIpc) is 2.37. The number of aromatic nitrogens is 2. The number of aliphatic hydroxyl groups is 1. The van der Waals surface area contributed by atoms with Crippen LogP contribution < -0.4 is 16.2 Å². The van der Waals surface area contributed by atoms with Crippen LogP contribution in [0.1, 0.15) is 25.8 Å². The molecule has 0 aliphatic heterocycles. The van der Waals surface area contributed by atoms with E-state index in [1.165, 1.54) is 6.33 Å². The van der Waals surface area contributed by atoms with Crippen LogP contribution in [0.15, 0.2) is 6.33 Å². The Bertz CT molecular complexity index is 358. The Morgan fingerprint density at radius 3 is 2.76 bits per heavy atom. The molecular weight excluding hydrogens is 218 g/mol. The maximum Gasteiger partial charge on any atom is 0.148 e. The second-order valence-electron chi connectivity index (χ2n) is 4.06. The molecule has 6 nitrogen and oxygen atoms in total. The molecule has 0 bridgehead atoms. The molecule has 4 N–H and O–H groups in total. The third-order valence-electron chi connectivity index (χ3n) is 2.82.